The number of benzene rings is 1. The summed E-state index contributed by atoms with van der Waals surface area (Å²) in [5.41, 5.74) is 0.675. The Kier molecular flexibility index (Phi) is 4.17. The molecule has 0 saturated heterocycles. The van der Waals surface area contributed by atoms with Gasteiger partial charge in [0.2, 0.25) is 0 Å². The molecule has 0 aliphatic rings. The van der Waals surface area contributed by atoms with Gasteiger partial charge in [0.15, 0.2) is 5.69 Å². The Morgan fingerprint density at radius 3 is 2.60 bits per heavy atom. The summed E-state index contributed by atoms with van der Waals surface area (Å²) >= 11 is 0. The third kappa shape index (κ3) is 3.73. The summed E-state index contributed by atoms with van der Waals surface area (Å²) in [4.78, 5) is 33.5. The largest absolute Gasteiger partial charge is 0.422 e. The van der Waals surface area contributed by atoms with Gasteiger partial charge in [-0.2, -0.15) is 0 Å². The van der Waals surface area contributed by atoms with Crippen molar-refractivity contribution in [1.29, 1.82) is 0 Å². The van der Waals surface area contributed by atoms with Gasteiger partial charge in [0.05, 0.1) is 6.20 Å². The van der Waals surface area contributed by atoms with E-state index in [9.17, 15) is 14.9 Å². The Balaban J connectivity index is 1.97. The van der Waals surface area contributed by atoms with E-state index in [0.717, 1.165) is 0 Å². The van der Waals surface area contributed by atoms with Crippen LogP contribution in [0.3, 0.4) is 0 Å². The first-order valence-electron chi connectivity index (χ1n) is 5.49. The minimum Gasteiger partial charge on any atom is -0.422 e. The predicted octanol–water partition coefficient (Wildman–Crippen LogP) is 1.40. The average molecular weight is 275 g/mol. The van der Waals surface area contributed by atoms with Crippen LogP contribution in [0.5, 0.6) is 5.75 Å². The molecule has 0 spiro atoms. The standard InChI is InChI=1S/C12H9N3O5/c16-12(11-7-13-5-6-14-11)20-10-3-1-9(2-4-10)8-19-15(17)18/h1-7H,8H2. The molecule has 0 aliphatic heterocycles. The molecule has 1 aromatic heterocycles. The Labute approximate surface area is 113 Å². The molecule has 8 heteroatoms. The average Bonchev–Trinajstić information content (AvgIpc) is 2.47. The van der Waals surface area contributed by atoms with Gasteiger partial charge in [-0.25, -0.2) is 9.78 Å². The molecule has 1 aromatic carbocycles. The van der Waals surface area contributed by atoms with E-state index >= 15 is 0 Å². The van der Waals surface area contributed by atoms with Crippen LogP contribution in [0.25, 0.3) is 0 Å². The van der Waals surface area contributed by atoms with Crippen LogP contribution < -0.4 is 4.74 Å². The molecule has 0 fully saturated rings. The van der Waals surface area contributed by atoms with E-state index in [4.69, 9.17) is 4.74 Å². The number of nitrogens with zero attached hydrogens (tertiary/aromatic N) is 3. The number of hydrogen-bond acceptors (Lipinski definition) is 7. The van der Waals surface area contributed by atoms with E-state index in [1.807, 2.05) is 0 Å². The third-order valence-corrected chi connectivity index (χ3v) is 2.24. The molecule has 0 aliphatic carbocycles. The van der Waals surface area contributed by atoms with Crippen molar-refractivity contribution in [2.75, 3.05) is 0 Å². The summed E-state index contributed by atoms with van der Waals surface area (Å²) in [5, 5.41) is 9.17. The smallest absolute Gasteiger partial charge is 0.363 e. The predicted molar refractivity (Wildman–Crippen MR) is 65.2 cm³/mol. The van der Waals surface area contributed by atoms with Gasteiger partial charge in [0.25, 0.3) is 5.09 Å². The molecule has 1 heterocycles. The molecule has 0 amide bonds. The van der Waals surface area contributed by atoms with Gasteiger partial charge in [0.1, 0.15) is 12.4 Å². The molecule has 0 atom stereocenters. The number of rotatable bonds is 5. The maximum Gasteiger partial charge on any atom is 0.363 e. The Bertz CT molecular complexity index is 600. The molecule has 0 bridgehead atoms. The molecule has 2 aromatic rings. The number of ether oxygens (including phenoxy) is 1. The zero-order valence-electron chi connectivity index (χ0n) is 10.1. The fourth-order valence-corrected chi connectivity index (χ4v) is 1.34. The van der Waals surface area contributed by atoms with Gasteiger partial charge in [-0.15, -0.1) is 10.1 Å². The SMILES string of the molecule is O=C(Oc1ccc(CO[N+](=O)[O-])cc1)c1cnccn1. The first-order chi connectivity index (χ1) is 9.65. The maximum atomic E-state index is 11.7. The number of carbonyl (C=O) groups excluding carboxylic acids is 1. The van der Waals surface area contributed by atoms with Crippen molar-refractivity contribution in [1.82, 2.24) is 9.97 Å². The monoisotopic (exact) mass is 275 g/mol. The van der Waals surface area contributed by atoms with Crippen LogP contribution in [-0.2, 0) is 11.4 Å². The molecule has 8 nitrogen and oxygen atoms in total. The molecule has 0 radical (unpaired) electrons. The third-order valence-electron chi connectivity index (χ3n) is 2.24. The zero-order chi connectivity index (χ0) is 14.4. The van der Waals surface area contributed by atoms with Gasteiger partial charge >= 0.3 is 5.97 Å². The lowest BCUT2D eigenvalue weighted by Crippen LogP contribution is -2.10. The lowest BCUT2D eigenvalue weighted by molar-refractivity contribution is -0.763. The van der Waals surface area contributed by atoms with E-state index in [2.05, 4.69) is 14.8 Å². The van der Waals surface area contributed by atoms with Crippen molar-refractivity contribution >= 4 is 5.97 Å². The number of aromatic nitrogens is 2. The van der Waals surface area contributed by atoms with Crippen LogP contribution in [0.4, 0.5) is 0 Å². The molecule has 102 valence electrons. The van der Waals surface area contributed by atoms with Crippen LogP contribution in [0.15, 0.2) is 42.9 Å². The second-order valence-corrected chi connectivity index (χ2v) is 3.62. The second kappa shape index (κ2) is 6.23. The quantitative estimate of drug-likeness (QED) is 0.351. The van der Waals surface area contributed by atoms with Crippen molar-refractivity contribution in [3.8, 4) is 5.75 Å². The summed E-state index contributed by atoms with van der Waals surface area (Å²) in [6.07, 6.45) is 4.12. The van der Waals surface area contributed by atoms with Crippen molar-refractivity contribution in [2.24, 2.45) is 0 Å². The Hall–Kier alpha value is -3.03. The zero-order valence-corrected chi connectivity index (χ0v) is 10.1. The van der Waals surface area contributed by atoms with Crippen LogP contribution in [0.1, 0.15) is 16.1 Å². The lowest BCUT2D eigenvalue weighted by Gasteiger charge is -2.04. The molecule has 0 saturated carbocycles. The molecular weight excluding hydrogens is 266 g/mol. The van der Waals surface area contributed by atoms with Crippen LogP contribution in [0, 0.1) is 10.1 Å². The van der Waals surface area contributed by atoms with Crippen molar-refractivity contribution in [3.05, 3.63) is 64.2 Å². The lowest BCUT2D eigenvalue weighted by atomic mass is 10.2. The van der Waals surface area contributed by atoms with Gasteiger partial charge in [-0.05, 0) is 17.7 Å². The molecule has 2 rings (SSSR count). The molecule has 20 heavy (non-hydrogen) atoms. The summed E-state index contributed by atoms with van der Waals surface area (Å²) in [6.45, 7) is -0.161. The van der Waals surface area contributed by atoms with Crippen LogP contribution in [0.2, 0.25) is 0 Å². The number of carbonyl (C=O) groups is 1. The topological polar surface area (TPSA) is 104 Å². The highest BCUT2D eigenvalue weighted by Gasteiger charge is 2.09. The normalized spacial score (nSPS) is 9.80. The molecule has 0 N–H and O–H groups in total. The summed E-state index contributed by atoms with van der Waals surface area (Å²) < 4.78 is 5.06. The van der Waals surface area contributed by atoms with Crippen LogP contribution >= 0.6 is 0 Å². The summed E-state index contributed by atoms with van der Waals surface area (Å²) in [7, 11) is 0. The highest BCUT2D eigenvalue weighted by molar-refractivity contribution is 5.88. The van der Waals surface area contributed by atoms with Gasteiger partial charge < -0.3 is 9.57 Å². The minimum atomic E-state index is -0.873. The van der Waals surface area contributed by atoms with Crippen molar-refractivity contribution in [3.63, 3.8) is 0 Å². The van der Waals surface area contributed by atoms with E-state index in [1.54, 1.807) is 12.1 Å². The fraction of sp³-hybridized carbons (Fsp3) is 0.0833. The first kappa shape index (κ1) is 13.4. The van der Waals surface area contributed by atoms with Crippen molar-refractivity contribution in [2.45, 2.75) is 6.61 Å². The summed E-state index contributed by atoms with van der Waals surface area (Å²) in [6, 6.07) is 6.13. The molecule has 0 unspecified atom stereocenters. The summed E-state index contributed by atoms with van der Waals surface area (Å²) in [5.74, 6) is -0.335. The van der Waals surface area contributed by atoms with Crippen LogP contribution in [-0.4, -0.2) is 21.0 Å². The van der Waals surface area contributed by atoms with E-state index in [1.165, 1.54) is 30.7 Å². The molecular formula is C12H9N3O5. The number of hydrogen-bond donors (Lipinski definition) is 0. The number of esters is 1. The highest BCUT2D eigenvalue weighted by Crippen LogP contribution is 2.14. The van der Waals surface area contributed by atoms with Gasteiger partial charge in [-0.1, -0.05) is 12.1 Å². The van der Waals surface area contributed by atoms with Gasteiger partial charge in [-0.3, -0.25) is 4.98 Å². The van der Waals surface area contributed by atoms with Crippen molar-refractivity contribution < 1.29 is 19.5 Å². The Morgan fingerprint density at radius 1 is 1.25 bits per heavy atom. The minimum absolute atomic E-state index is 0.0910. The maximum absolute atomic E-state index is 11.7. The van der Waals surface area contributed by atoms with E-state index in [0.29, 0.717) is 11.3 Å². The second-order valence-electron chi connectivity index (χ2n) is 3.62. The van der Waals surface area contributed by atoms with Gasteiger partial charge in [0, 0.05) is 12.4 Å². The van der Waals surface area contributed by atoms with E-state index < -0.39 is 11.1 Å². The Morgan fingerprint density at radius 2 is 2.00 bits per heavy atom. The fourth-order valence-electron chi connectivity index (χ4n) is 1.34. The first-order valence-corrected chi connectivity index (χ1v) is 5.49. The highest BCUT2D eigenvalue weighted by atomic mass is 16.9. The van der Waals surface area contributed by atoms with E-state index in [-0.39, 0.29) is 12.3 Å².